The molecule has 3 N–H and O–H groups in total. The Hall–Kier alpha value is -1.94. The van der Waals surface area contributed by atoms with Crippen LogP contribution in [0.25, 0.3) is 0 Å². The van der Waals surface area contributed by atoms with E-state index in [2.05, 4.69) is 41.5 Å². The minimum Gasteiger partial charge on any atom is -0.462 e. The van der Waals surface area contributed by atoms with Crippen LogP contribution in [0.3, 0.4) is 0 Å². The summed E-state index contributed by atoms with van der Waals surface area (Å²) in [5.41, 5.74) is 0. The largest absolute Gasteiger partial charge is 0.472 e. The maximum atomic E-state index is 13.0. The highest BCUT2D eigenvalue weighted by molar-refractivity contribution is 7.47. The Balaban J connectivity index is 5.20. The van der Waals surface area contributed by atoms with Gasteiger partial charge >= 0.3 is 39.5 Å². The van der Waals surface area contributed by atoms with Crippen molar-refractivity contribution in [3.63, 3.8) is 0 Å². The molecular weight excluding hydrogens is 1110 g/mol. The quantitative estimate of drug-likeness (QED) is 0.0222. The normalized spacial score (nSPS) is 14.3. The van der Waals surface area contributed by atoms with E-state index in [0.29, 0.717) is 31.6 Å². The average molecular weight is 1240 g/mol. The second-order valence-electron chi connectivity index (χ2n) is 24.5. The molecule has 19 heteroatoms. The van der Waals surface area contributed by atoms with Gasteiger partial charge in [0, 0.05) is 25.7 Å². The lowest BCUT2D eigenvalue weighted by Crippen LogP contribution is -2.30. The van der Waals surface area contributed by atoms with E-state index in [1.165, 1.54) is 128 Å². The standard InChI is InChI=1S/C65H126O17P2/c1-7-9-11-13-15-16-17-18-19-20-21-22-25-30-37-43-49-64(69)81-60(54-76-63(68)48-42-36-29-26-23-24-28-33-39-45-57(3)4)55-79-83(71,72)77-51-59(66)52-78-84(73,74)80-56-61(53-75-62(67)47-41-35-27-14-12-10-8-2)82-65(70)50-44-38-32-31-34-40-46-58(5)6/h57-61,66H,7-56H2,1-6H3,(H,71,72)(H,73,74)/t59-,60-,61-/m1/s1. The fourth-order valence-electron chi connectivity index (χ4n) is 9.71. The number of ether oxygens (including phenoxy) is 4. The van der Waals surface area contributed by atoms with Crippen molar-refractivity contribution < 1.29 is 80.2 Å². The molecule has 2 unspecified atom stereocenters. The van der Waals surface area contributed by atoms with E-state index in [4.69, 9.17) is 37.0 Å². The van der Waals surface area contributed by atoms with Crippen molar-refractivity contribution >= 4 is 39.5 Å². The first kappa shape index (κ1) is 82.1. The first-order chi connectivity index (χ1) is 40.4. The zero-order valence-corrected chi connectivity index (χ0v) is 56.0. The van der Waals surface area contributed by atoms with Gasteiger partial charge in [0.25, 0.3) is 0 Å². The summed E-state index contributed by atoms with van der Waals surface area (Å²) in [5.74, 6) is -0.726. The van der Waals surface area contributed by atoms with Crippen LogP contribution in [0.1, 0.15) is 324 Å². The third-order valence-electron chi connectivity index (χ3n) is 15.0. The van der Waals surface area contributed by atoms with E-state index in [-0.39, 0.29) is 25.7 Å². The summed E-state index contributed by atoms with van der Waals surface area (Å²) in [4.78, 5) is 72.1. The fourth-order valence-corrected chi connectivity index (χ4v) is 11.3. The molecule has 0 saturated heterocycles. The Bertz CT molecular complexity index is 1650. The van der Waals surface area contributed by atoms with Crippen LogP contribution >= 0.6 is 15.6 Å². The van der Waals surface area contributed by atoms with Gasteiger partial charge in [0.1, 0.15) is 19.3 Å². The molecule has 0 amide bonds. The Morgan fingerprint density at radius 1 is 0.321 bits per heavy atom. The molecule has 0 aromatic heterocycles. The third-order valence-corrected chi connectivity index (χ3v) is 16.9. The lowest BCUT2D eigenvalue weighted by atomic mass is 10.0. The van der Waals surface area contributed by atoms with Gasteiger partial charge in [-0.2, -0.15) is 0 Å². The average Bonchev–Trinajstić information content (AvgIpc) is 3.49. The molecule has 0 radical (unpaired) electrons. The second kappa shape index (κ2) is 57.5. The minimum absolute atomic E-state index is 0.102. The van der Waals surface area contributed by atoms with Gasteiger partial charge in [0.2, 0.25) is 0 Å². The van der Waals surface area contributed by atoms with Crippen LogP contribution in [0, 0.1) is 11.8 Å². The zero-order valence-electron chi connectivity index (χ0n) is 54.2. The molecule has 0 bridgehead atoms. The number of phosphoric ester groups is 2. The van der Waals surface area contributed by atoms with Crippen LogP contribution in [-0.4, -0.2) is 96.7 Å². The number of carbonyl (C=O) groups excluding carboxylic acids is 4. The lowest BCUT2D eigenvalue weighted by Gasteiger charge is -2.21. The zero-order chi connectivity index (χ0) is 62.2. The van der Waals surface area contributed by atoms with Crippen molar-refractivity contribution in [3.8, 4) is 0 Å². The number of phosphoric acid groups is 2. The Morgan fingerprint density at radius 2 is 0.548 bits per heavy atom. The van der Waals surface area contributed by atoms with Gasteiger partial charge in [0.15, 0.2) is 12.2 Å². The van der Waals surface area contributed by atoms with Crippen molar-refractivity contribution in [1.29, 1.82) is 0 Å². The molecule has 0 spiro atoms. The van der Waals surface area contributed by atoms with Crippen LogP contribution < -0.4 is 0 Å². The van der Waals surface area contributed by atoms with Crippen molar-refractivity contribution in [1.82, 2.24) is 0 Å². The summed E-state index contributed by atoms with van der Waals surface area (Å²) < 4.78 is 67.9. The van der Waals surface area contributed by atoms with E-state index >= 15 is 0 Å². The molecule has 0 saturated carbocycles. The van der Waals surface area contributed by atoms with Crippen LogP contribution in [-0.2, 0) is 65.4 Å². The number of aliphatic hydroxyl groups is 1. The maximum absolute atomic E-state index is 13.0. The summed E-state index contributed by atoms with van der Waals surface area (Å²) in [6, 6.07) is 0. The first-order valence-electron chi connectivity index (χ1n) is 34.0. The molecule has 0 fully saturated rings. The maximum Gasteiger partial charge on any atom is 0.472 e. The monoisotopic (exact) mass is 1240 g/mol. The molecular formula is C65H126O17P2. The third kappa shape index (κ3) is 59.0. The molecule has 0 heterocycles. The molecule has 0 aromatic carbocycles. The predicted octanol–water partition coefficient (Wildman–Crippen LogP) is 18.0. The number of hydrogen-bond acceptors (Lipinski definition) is 15. The molecule has 17 nitrogen and oxygen atoms in total. The highest BCUT2D eigenvalue weighted by Gasteiger charge is 2.30. The van der Waals surface area contributed by atoms with Gasteiger partial charge < -0.3 is 33.8 Å². The van der Waals surface area contributed by atoms with E-state index in [9.17, 15) is 43.2 Å². The fraction of sp³-hybridized carbons (Fsp3) is 0.938. The van der Waals surface area contributed by atoms with Crippen molar-refractivity contribution in [2.24, 2.45) is 11.8 Å². The van der Waals surface area contributed by atoms with Gasteiger partial charge in [-0.1, -0.05) is 273 Å². The molecule has 0 aliphatic heterocycles. The van der Waals surface area contributed by atoms with Crippen molar-refractivity contribution in [2.75, 3.05) is 39.6 Å². The SMILES string of the molecule is CCCCCCCCCCCCCCCCCCC(=O)O[C@H](COC(=O)CCCCCCCCCCCC(C)C)COP(=O)(O)OC[C@@H](O)COP(=O)(O)OC[C@@H](COC(=O)CCCCCCCCC)OC(=O)CCCCCCCCC(C)C. The molecule has 0 aliphatic carbocycles. The van der Waals surface area contributed by atoms with Gasteiger partial charge in [-0.3, -0.25) is 37.3 Å². The predicted molar refractivity (Wildman–Crippen MR) is 335 cm³/mol. The molecule has 5 atom stereocenters. The Labute approximate surface area is 511 Å². The first-order valence-corrected chi connectivity index (χ1v) is 37.0. The van der Waals surface area contributed by atoms with E-state index in [1.54, 1.807) is 0 Å². The Morgan fingerprint density at radius 3 is 0.810 bits per heavy atom. The summed E-state index contributed by atoms with van der Waals surface area (Å²) >= 11 is 0. The summed E-state index contributed by atoms with van der Waals surface area (Å²) in [7, 11) is -9.88. The lowest BCUT2D eigenvalue weighted by molar-refractivity contribution is -0.161. The summed E-state index contributed by atoms with van der Waals surface area (Å²) in [6.45, 7) is 9.36. The highest BCUT2D eigenvalue weighted by Crippen LogP contribution is 2.45. The number of esters is 4. The Kier molecular flexibility index (Phi) is 56.2. The topological polar surface area (TPSA) is 237 Å². The van der Waals surface area contributed by atoms with Gasteiger partial charge in [-0.15, -0.1) is 0 Å². The van der Waals surface area contributed by atoms with E-state index in [1.807, 2.05) is 0 Å². The van der Waals surface area contributed by atoms with Crippen LogP contribution in [0.5, 0.6) is 0 Å². The highest BCUT2D eigenvalue weighted by atomic mass is 31.2. The molecule has 0 aliphatic rings. The van der Waals surface area contributed by atoms with Crippen LogP contribution in [0.15, 0.2) is 0 Å². The van der Waals surface area contributed by atoms with Crippen LogP contribution in [0.2, 0.25) is 0 Å². The summed E-state index contributed by atoms with van der Waals surface area (Å²) in [6.07, 6.45) is 40.6. The number of unbranched alkanes of at least 4 members (excludes halogenated alkanes) is 34. The number of aliphatic hydroxyl groups excluding tert-OH is 1. The number of carbonyl (C=O) groups is 4. The van der Waals surface area contributed by atoms with Gasteiger partial charge in [0.05, 0.1) is 26.4 Å². The van der Waals surface area contributed by atoms with Gasteiger partial charge in [-0.05, 0) is 37.5 Å². The van der Waals surface area contributed by atoms with Crippen LogP contribution in [0.4, 0.5) is 0 Å². The smallest absolute Gasteiger partial charge is 0.462 e. The number of rotatable bonds is 64. The van der Waals surface area contributed by atoms with Crippen molar-refractivity contribution in [3.05, 3.63) is 0 Å². The summed E-state index contributed by atoms with van der Waals surface area (Å²) in [5, 5.41) is 10.5. The molecule has 84 heavy (non-hydrogen) atoms. The van der Waals surface area contributed by atoms with Crippen molar-refractivity contribution in [2.45, 2.75) is 342 Å². The van der Waals surface area contributed by atoms with Gasteiger partial charge in [-0.25, -0.2) is 9.13 Å². The van der Waals surface area contributed by atoms with E-state index < -0.39 is 97.5 Å². The molecule has 498 valence electrons. The molecule has 0 aromatic rings. The molecule has 0 rings (SSSR count). The van der Waals surface area contributed by atoms with E-state index in [0.717, 1.165) is 109 Å². The second-order valence-corrected chi connectivity index (χ2v) is 27.4. The minimum atomic E-state index is -4.95. The number of hydrogen-bond donors (Lipinski definition) is 3.